The molecule has 74 valence electrons. The van der Waals surface area contributed by atoms with Crippen molar-refractivity contribution in [3.05, 3.63) is 11.1 Å². The summed E-state index contributed by atoms with van der Waals surface area (Å²) in [4.78, 5) is 0. The Labute approximate surface area is 81.2 Å². The molecule has 1 nitrogen and oxygen atoms in total. The summed E-state index contributed by atoms with van der Waals surface area (Å²) in [6.45, 7) is 8.84. The predicted molar refractivity (Wildman–Crippen MR) is 54.7 cm³/mol. The number of rotatable bonds is 0. The van der Waals surface area contributed by atoms with Crippen LogP contribution in [0.1, 0.15) is 53.4 Å². The highest BCUT2D eigenvalue weighted by molar-refractivity contribution is 5.35. The van der Waals surface area contributed by atoms with Crippen LogP contribution in [0.15, 0.2) is 11.1 Å². The quantitative estimate of drug-likeness (QED) is 0.519. The molecule has 0 amide bonds. The molecule has 1 heteroatoms. The maximum absolute atomic E-state index is 6.11. The van der Waals surface area contributed by atoms with E-state index >= 15 is 0 Å². The highest BCUT2D eigenvalue weighted by Crippen LogP contribution is 2.48. The molecular formula is C12H20O. The molecule has 2 aliphatic rings. The molecule has 2 rings (SSSR count). The number of ether oxygens (including phenoxy) is 1. The average molecular weight is 180 g/mol. The minimum atomic E-state index is -0.000741. The van der Waals surface area contributed by atoms with Crippen molar-refractivity contribution in [1.29, 1.82) is 0 Å². The van der Waals surface area contributed by atoms with Gasteiger partial charge in [0.2, 0.25) is 0 Å². The van der Waals surface area contributed by atoms with E-state index in [1.807, 2.05) is 0 Å². The molecule has 0 atom stereocenters. The summed E-state index contributed by atoms with van der Waals surface area (Å²) < 4.78 is 6.11. The van der Waals surface area contributed by atoms with Gasteiger partial charge in [0.05, 0.1) is 11.2 Å². The lowest BCUT2D eigenvalue weighted by molar-refractivity contribution is -0.0574. The van der Waals surface area contributed by atoms with Crippen LogP contribution in [0.2, 0.25) is 0 Å². The Kier molecular flexibility index (Phi) is 1.85. The minimum absolute atomic E-state index is 0.000741. The van der Waals surface area contributed by atoms with E-state index in [0.717, 1.165) is 0 Å². The highest BCUT2D eigenvalue weighted by Gasteiger charge is 2.44. The maximum atomic E-state index is 6.11. The van der Waals surface area contributed by atoms with Crippen molar-refractivity contribution in [3.8, 4) is 0 Å². The lowest BCUT2D eigenvalue weighted by Crippen LogP contribution is -2.29. The van der Waals surface area contributed by atoms with Gasteiger partial charge in [-0.25, -0.2) is 0 Å². The van der Waals surface area contributed by atoms with Crippen LogP contribution in [0.25, 0.3) is 0 Å². The van der Waals surface area contributed by atoms with Crippen molar-refractivity contribution in [2.75, 3.05) is 0 Å². The van der Waals surface area contributed by atoms with Gasteiger partial charge in [0.25, 0.3) is 0 Å². The summed E-state index contributed by atoms with van der Waals surface area (Å²) in [5, 5.41) is 0. The van der Waals surface area contributed by atoms with Gasteiger partial charge in [-0.2, -0.15) is 0 Å². The molecule has 0 saturated heterocycles. The monoisotopic (exact) mass is 180 g/mol. The standard InChI is InChI=1S/C12H20O/c1-11(2)9-7-5-6-8-10(9)12(3,4)13-11/h5-8H2,1-4H3. The van der Waals surface area contributed by atoms with E-state index in [1.165, 1.54) is 25.7 Å². The van der Waals surface area contributed by atoms with Crippen LogP contribution in [0, 0.1) is 0 Å². The van der Waals surface area contributed by atoms with Crippen molar-refractivity contribution >= 4 is 0 Å². The van der Waals surface area contributed by atoms with E-state index in [-0.39, 0.29) is 11.2 Å². The molecule has 0 radical (unpaired) electrons. The lowest BCUT2D eigenvalue weighted by atomic mass is 9.81. The topological polar surface area (TPSA) is 9.23 Å². The molecule has 0 saturated carbocycles. The summed E-state index contributed by atoms with van der Waals surface area (Å²) in [5.74, 6) is 0. The Morgan fingerprint density at radius 3 is 1.62 bits per heavy atom. The first kappa shape index (κ1) is 9.26. The van der Waals surface area contributed by atoms with Gasteiger partial charge in [-0.15, -0.1) is 0 Å². The zero-order valence-electron chi connectivity index (χ0n) is 9.24. The molecular weight excluding hydrogens is 160 g/mol. The molecule has 0 N–H and O–H groups in total. The van der Waals surface area contributed by atoms with Crippen LogP contribution in [-0.4, -0.2) is 11.2 Å². The van der Waals surface area contributed by atoms with Crippen LogP contribution >= 0.6 is 0 Å². The smallest absolute Gasteiger partial charge is 0.0850 e. The molecule has 1 aliphatic heterocycles. The Morgan fingerprint density at radius 2 is 1.23 bits per heavy atom. The van der Waals surface area contributed by atoms with Gasteiger partial charge in [0, 0.05) is 0 Å². The zero-order valence-corrected chi connectivity index (χ0v) is 9.24. The number of hydrogen-bond donors (Lipinski definition) is 0. The van der Waals surface area contributed by atoms with E-state index in [1.54, 1.807) is 11.1 Å². The third-order valence-corrected chi connectivity index (χ3v) is 3.43. The van der Waals surface area contributed by atoms with Gasteiger partial charge in [-0.1, -0.05) is 0 Å². The fraction of sp³-hybridized carbons (Fsp3) is 0.833. The van der Waals surface area contributed by atoms with Gasteiger partial charge < -0.3 is 4.74 Å². The highest BCUT2D eigenvalue weighted by atomic mass is 16.5. The molecule has 0 aromatic carbocycles. The zero-order chi connectivity index (χ0) is 9.69. The third-order valence-electron chi connectivity index (χ3n) is 3.43. The second-order valence-corrected chi connectivity index (χ2v) is 5.29. The first-order valence-corrected chi connectivity index (χ1v) is 5.37. The number of hydrogen-bond acceptors (Lipinski definition) is 1. The Bertz CT molecular complexity index is 232. The fourth-order valence-corrected chi connectivity index (χ4v) is 3.00. The van der Waals surface area contributed by atoms with Gasteiger partial charge in [0.1, 0.15) is 0 Å². The molecule has 0 spiro atoms. The summed E-state index contributed by atoms with van der Waals surface area (Å²) in [6.07, 6.45) is 5.21. The van der Waals surface area contributed by atoms with E-state index < -0.39 is 0 Å². The first-order valence-electron chi connectivity index (χ1n) is 5.37. The normalized spacial score (nSPS) is 30.5. The Balaban J connectivity index is 2.43. The Hall–Kier alpha value is -0.300. The van der Waals surface area contributed by atoms with Crippen LogP contribution in [-0.2, 0) is 4.74 Å². The minimum Gasteiger partial charge on any atom is -0.361 e. The summed E-state index contributed by atoms with van der Waals surface area (Å²) >= 11 is 0. The van der Waals surface area contributed by atoms with E-state index in [4.69, 9.17) is 4.74 Å². The lowest BCUT2D eigenvalue weighted by Gasteiger charge is -2.27. The first-order chi connectivity index (χ1) is 5.93. The van der Waals surface area contributed by atoms with Gasteiger partial charge in [0.15, 0.2) is 0 Å². The second kappa shape index (κ2) is 2.60. The van der Waals surface area contributed by atoms with Crippen LogP contribution in [0.5, 0.6) is 0 Å². The summed E-state index contributed by atoms with van der Waals surface area (Å²) in [7, 11) is 0. The van der Waals surface area contributed by atoms with Crippen molar-refractivity contribution in [3.63, 3.8) is 0 Å². The molecule has 0 aromatic rings. The van der Waals surface area contributed by atoms with Crippen molar-refractivity contribution < 1.29 is 4.74 Å². The molecule has 1 heterocycles. The largest absolute Gasteiger partial charge is 0.361 e. The molecule has 0 fully saturated rings. The van der Waals surface area contributed by atoms with E-state index in [2.05, 4.69) is 27.7 Å². The molecule has 0 unspecified atom stereocenters. The molecule has 13 heavy (non-hydrogen) atoms. The molecule has 1 aliphatic carbocycles. The maximum Gasteiger partial charge on any atom is 0.0850 e. The van der Waals surface area contributed by atoms with Crippen LogP contribution in [0.4, 0.5) is 0 Å². The van der Waals surface area contributed by atoms with E-state index in [9.17, 15) is 0 Å². The summed E-state index contributed by atoms with van der Waals surface area (Å²) in [6, 6.07) is 0. The fourth-order valence-electron chi connectivity index (χ4n) is 3.00. The van der Waals surface area contributed by atoms with Crippen LogP contribution in [0.3, 0.4) is 0 Å². The summed E-state index contributed by atoms with van der Waals surface area (Å²) in [5.41, 5.74) is 3.17. The average Bonchev–Trinajstić information content (AvgIpc) is 2.20. The van der Waals surface area contributed by atoms with Gasteiger partial charge >= 0.3 is 0 Å². The Morgan fingerprint density at radius 1 is 0.846 bits per heavy atom. The van der Waals surface area contributed by atoms with Crippen LogP contribution < -0.4 is 0 Å². The van der Waals surface area contributed by atoms with E-state index in [0.29, 0.717) is 0 Å². The molecule has 0 bridgehead atoms. The van der Waals surface area contributed by atoms with Crippen molar-refractivity contribution in [1.82, 2.24) is 0 Å². The predicted octanol–water partition coefficient (Wildman–Crippen LogP) is 3.44. The van der Waals surface area contributed by atoms with Crippen molar-refractivity contribution in [2.45, 2.75) is 64.6 Å². The third kappa shape index (κ3) is 1.34. The second-order valence-electron chi connectivity index (χ2n) is 5.29. The van der Waals surface area contributed by atoms with Crippen molar-refractivity contribution in [2.24, 2.45) is 0 Å². The van der Waals surface area contributed by atoms with Gasteiger partial charge in [-0.05, 0) is 64.5 Å². The SMILES string of the molecule is CC1(C)OC(C)(C)C2=C1CCCC2. The van der Waals surface area contributed by atoms with Gasteiger partial charge in [-0.3, -0.25) is 0 Å². The molecule has 0 aromatic heterocycles.